The van der Waals surface area contributed by atoms with Crippen molar-refractivity contribution in [2.24, 2.45) is 5.92 Å². The van der Waals surface area contributed by atoms with E-state index in [9.17, 15) is 14.4 Å². The molecule has 0 spiro atoms. The van der Waals surface area contributed by atoms with Crippen LogP contribution in [0.1, 0.15) is 65.2 Å². The van der Waals surface area contributed by atoms with Crippen molar-refractivity contribution in [3.63, 3.8) is 0 Å². The third-order valence-corrected chi connectivity index (χ3v) is 4.60. The van der Waals surface area contributed by atoms with Crippen molar-refractivity contribution >= 4 is 17.9 Å². The van der Waals surface area contributed by atoms with Crippen molar-refractivity contribution in [1.82, 2.24) is 16.0 Å². The first-order chi connectivity index (χ1) is 11.4. The molecule has 7 nitrogen and oxygen atoms in total. The van der Waals surface area contributed by atoms with Gasteiger partial charge in [-0.1, -0.05) is 39.5 Å². The van der Waals surface area contributed by atoms with Crippen LogP contribution in [0, 0.1) is 5.92 Å². The zero-order valence-electron chi connectivity index (χ0n) is 14.8. The summed E-state index contributed by atoms with van der Waals surface area (Å²) in [5.74, 6) is -1.43. The van der Waals surface area contributed by atoms with E-state index in [1.807, 2.05) is 6.92 Å². The number of carbonyl (C=O) groups is 3. The summed E-state index contributed by atoms with van der Waals surface area (Å²) in [7, 11) is 0. The molecule has 0 aromatic carbocycles. The summed E-state index contributed by atoms with van der Waals surface area (Å²) in [5, 5.41) is 17.4. The van der Waals surface area contributed by atoms with Gasteiger partial charge in [0, 0.05) is 19.0 Å². The number of nitrogens with one attached hydrogen (secondary N) is 3. The highest BCUT2D eigenvalue weighted by atomic mass is 16.4. The Bertz CT molecular complexity index is 422. The third-order valence-electron chi connectivity index (χ3n) is 4.60. The molecule has 4 N–H and O–H groups in total. The molecule has 0 heterocycles. The molecule has 0 aromatic heterocycles. The monoisotopic (exact) mass is 341 g/mol. The number of carboxylic acid groups (broad SMARTS) is 1. The van der Waals surface area contributed by atoms with Gasteiger partial charge in [-0.3, -0.25) is 4.79 Å². The Morgan fingerprint density at radius 2 is 1.83 bits per heavy atom. The van der Waals surface area contributed by atoms with Crippen LogP contribution in [0.5, 0.6) is 0 Å². The van der Waals surface area contributed by atoms with Gasteiger partial charge < -0.3 is 21.1 Å². The van der Waals surface area contributed by atoms with Crippen LogP contribution >= 0.6 is 0 Å². The predicted molar refractivity (Wildman–Crippen MR) is 91.7 cm³/mol. The minimum atomic E-state index is -1.01. The van der Waals surface area contributed by atoms with E-state index in [1.54, 1.807) is 6.92 Å². The standard InChI is InChI=1S/C17H31N3O4/c1-3-12(2)15(16(22)23)20-14(21)10-7-11-18-17(24)19-13-8-5-4-6-9-13/h12-13,15H,3-11H2,1-2H3,(H,20,21)(H,22,23)(H2,18,19,24)/t12-,15-/m0/s1. The lowest BCUT2D eigenvalue weighted by Gasteiger charge is -2.23. The Kier molecular flexibility index (Phi) is 9.19. The van der Waals surface area contributed by atoms with Gasteiger partial charge in [-0.05, 0) is 25.2 Å². The normalized spacial score (nSPS) is 17.6. The molecule has 3 amide bonds. The van der Waals surface area contributed by atoms with Crippen molar-refractivity contribution < 1.29 is 19.5 Å². The second-order valence-electron chi connectivity index (χ2n) is 6.61. The van der Waals surface area contributed by atoms with Crippen LogP contribution in [0.15, 0.2) is 0 Å². The van der Waals surface area contributed by atoms with Crippen LogP contribution in [0.2, 0.25) is 0 Å². The van der Waals surface area contributed by atoms with Crippen LogP contribution in [-0.2, 0) is 9.59 Å². The first-order valence-corrected chi connectivity index (χ1v) is 9.00. The molecule has 0 radical (unpaired) electrons. The maximum atomic E-state index is 11.8. The molecule has 2 atom stereocenters. The maximum Gasteiger partial charge on any atom is 0.326 e. The van der Waals surface area contributed by atoms with E-state index in [1.165, 1.54) is 6.42 Å². The van der Waals surface area contributed by atoms with Crippen LogP contribution in [0.3, 0.4) is 0 Å². The van der Waals surface area contributed by atoms with Crippen LogP contribution in [0.4, 0.5) is 4.79 Å². The lowest BCUT2D eigenvalue weighted by molar-refractivity contribution is -0.143. The minimum absolute atomic E-state index is 0.120. The van der Waals surface area contributed by atoms with E-state index in [2.05, 4.69) is 16.0 Å². The lowest BCUT2D eigenvalue weighted by Crippen LogP contribution is -2.45. The molecule has 24 heavy (non-hydrogen) atoms. The van der Waals surface area contributed by atoms with E-state index >= 15 is 0 Å². The van der Waals surface area contributed by atoms with Gasteiger partial charge in [0.2, 0.25) is 5.91 Å². The van der Waals surface area contributed by atoms with E-state index in [0.29, 0.717) is 19.4 Å². The van der Waals surface area contributed by atoms with Crippen molar-refractivity contribution in [2.75, 3.05) is 6.54 Å². The van der Waals surface area contributed by atoms with Crippen molar-refractivity contribution in [1.29, 1.82) is 0 Å². The fourth-order valence-electron chi connectivity index (χ4n) is 2.86. The summed E-state index contributed by atoms with van der Waals surface area (Å²) in [4.78, 5) is 34.8. The van der Waals surface area contributed by atoms with Gasteiger partial charge in [0.1, 0.15) is 6.04 Å². The highest BCUT2D eigenvalue weighted by molar-refractivity contribution is 5.83. The van der Waals surface area contributed by atoms with E-state index < -0.39 is 12.0 Å². The number of hydrogen-bond donors (Lipinski definition) is 4. The number of aliphatic carboxylic acids is 1. The molecule has 0 bridgehead atoms. The minimum Gasteiger partial charge on any atom is -0.480 e. The third kappa shape index (κ3) is 7.66. The molecule has 0 saturated heterocycles. The van der Waals surface area contributed by atoms with Gasteiger partial charge in [-0.15, -0.1) is 0 Å². The zero-order chi connectivity index (χ0) is 17.9. The molecule has 1 fully saturated rings. The molecule has 1 rings (SSSR count). The second-order valence-corrected chi connectivity index (χ2v) is 6.61. The van der Waals surface area contributed by atoms with Crippen LogP contribution in [0.25, 0.3) is 0 Å². The molecular weight excluding hydrogens is 310 g/mol. The summed E-state index contributed by atoms with van der Waals surface area (Å²) in [5.41, 5.74) is 0. The van der Waals surface area contributed by atoms with Gasteiger partial charge in [-0.2, -0.15) is 0 Å². The van der Waals surface area contributed by atoms with Gasteiger partial charge in [0.25, 0.3) is 0 Å². The largest absolute Gasteiger partial charge is 0.480 e. The summed E-state index contributed by atoms with van der Waals surface area (Å²) in [6.45, 7) is 4.09. The lowest BCUT2D eigenvalue weighted by atomic mass is 9.96. The van der Waals surface area contributed by atoms with Crippen LogP contribution in [-0.4, -0.2) is 41.6 Å². The highest BCUT2D eigenvalue weighted by Gasteiger charge is 2.24. The van der Waals surface area contributed by atoms with E-state index in [-0.39, 0.29) is 30.3 Å². The molecule has 1 saturated carbocycles. The van der Waals surface area contributed by atoms with Crippen molar-refractivity contribution in [3.8, 4) is 0 Å². The Morgan fingerprint density at radius 1 is 1.17 bits per heavy atom. The second kappa shape index (κ2) is 10.9. The quantitative estimate of drug-likeness (QED) is 0.481. The fraction of sp³-hybridized carbons (Fsp3) is 0.824. The Labute approximate surface area is 144 Å². The molecule has 7 heteroatoms. The number of carboxylic acids is 1. The first kappa shape index (κ1) is 20.3. The molecule has 1 aliphatic rings. The summed E-state index contributed by atoms with van der Waals surface area (Å²) < 4.78 is 0. The van der Waals surface area contributed by atoms with Crippen molar-refractivity contribution in [2.45, 2.75) is 77.3 Å². The Morgan fingerprint density at radius 3 is 2.42 bits per heavy atom. The average molecular weight is 341 g/mol. The van der Waals surface area contributed by atoms with E-state index in [4.69, 9.17) is 5.11 Å². The zero-order valence-corrected chi connectivity index (χ0v) is 14.8. The molecular formula is C17H31N3O4. The average Bonchev–Trinajstić information content (AvgIpc) is 2.56. The van der Waals surface area contributed by atoms with Gasteiger partial charge >= 0.3 is 12.0 Å². The van der Waals surface area contributed by atoms with Gasteiger partial charge in [-0.25, -0.2) is 9.59 Å². The Hall–Kier alpha value is -1.79. The predicted octanol–water partition coefficient (Wildman–Crippen LogP) is 2.01. The number of rotatable bonds is 9. The van der Waals surface area contributed by atoms with Gasteiger partial charge in [0.05, 0.1) is 0 Å². The fourth-order valence-corrected chi connectivity index (χ4v) is 2.86. The van der Waals surface area contributed by atoms with Gasteiger partial charge in [0.15, 0.2) is 0 Å². The number of amides is 3. The molecule has 1 aliphatic carbocycles. The number of urea groups is 1. The summed E-state index contributed by atoms with van der Waals surface area (Å²) >= 11 is 0. The van der Waals surface area contributed by atoms with Crippen LogP contribution < -0.4 is 16.0 Å². The smallest absolute Gasteiger partial charge is 0.326 e. The van der Waals surface area contributed by atoms with Crippen molar-refractivity contribution in [3.05, 3.63) is 0 Å². The SMILES string of the molecule is CC[C@H](C)[C@H](NC(=O)CCCNC(=O)NC1CCCCC1)C(=O)O. The number of carbonyl (C=O) groups excluding carboxylic acids is 2. The topological polar surface area (TPSA) is 108 Å². The molecule has 0 aliphatic heterocycles. The summed E-state index contributed by atoms with van der Waals surface area (Å²) in [6.07, 6.45) is 6.98. The maximum absolute atomic E-state index is 11.8. The molecule has 0 aromatic rings. The Balaban J connectivity index is 2.17. The summed E-state index contributed by atoms with van der Waals surface area (Å²) in [6, 6.07) is -0.788. The molecule has 138 valence electrons. The highest BCUT2D eigenvalue weighted by Crippen LogP contribution is 2.17. The number of hydrogen-bond acceptors (Lipinski definition) is 3. The first-order valence-electron chi connectivity index (χ1n) is 9.00. The van der Waals surface area contributed by atoms with E-state index in [0.717, 1.165) is 25.7 Å². The molecule has 0 unspecified atom stereocenters.